The van der Waals surface area contributed by atoms with Gasteiger partial charge in [-0.15, -0.1) is 22.7 Å². The lowest BCUT2D eigenvalue weighted by Gasteiger charge is -1.99. The Hall–Kier alpha value is -2.36. The first-order valence-electron chi connectivity index (χ1n) is 7.81. The molecule has 0 aliphatic heterocycles. The van der Waals surface area contributed by atoms with E-state index < -0.39 is 0 Å². The monoisotopic (exact) mass is 428 g/mol. The predicted octanol–water partition coefficient (Wildman–Crippen LogP) is 7.50. The van der Waals surface area contributed by atoms with Gasteiger partial charge in [-0.25, -0.2) is 4.98 Å². The fourth-order valence-corrected chi connectivity index (χ4v) is 4.30. The van der Waals surface area contributed by atoms with Crippen molar-refractivity contribution in [3.8, 4) is 28.0 Å². The van der Waals surface area contributed by atoms with Crippen LogP contribution in [-0.2, 0) is 0 Å². The van der Waals surface area contributed by atoms with Gasteiger partial charge >= 0.3 is 0 Å². The number of furan rings is 1. The van der Waals surface area contributed by atoms with Crippen LogP contribution in [0.5, 0.6) is 0 Å². The molecule has 0 radical (unpaired) electrons. The number of halogens is 2. The molecule has 4 aromatic rings. The highest BCUT2D eigenvalue weighted by Gasteiger charge is 2.12. The number of allylic oxidation sites excluding steroid dienone is 1. The molecule has 0 amide bonds. The molecule has 3 nitrogen and oxygen atoms in total. The maximum atomic E-state index is 9.55. The summed E-state index contributed by atoms with van der Waals surface area (Å²) in [7, 11) is 0. The number of thiazole rings is 1. The fraction of sp³-hybridized carbons (Fsp3) is 0. The average molecular weight is 429 g/mol. The molecule has 0 aliphatic carbocycles. The van der Waals surface area contributed by atoms with E-state index >= 15 is 0 Å². The summed E-state index contributed by atoms with van der Waals surface area (Å²) in [6.45, 7) is 0. The van der Waals surface area contributed by atoms with E-state index in [0.29, 0.717) is 32.1 Å². The Bertz CT molecular complexity index is 1170. The molecule has 0 aliphatic rings. The third-order valence-electron chi connectivity index (χ3n) is 3.75. The third-order valence-corrected chi connectivity index (χ3v) is 6.25. The largest absolute Gasteiger partial charge is 0.457 e. The predicted molar refractivity (Wildman–Crippen MR) is 113 cm³/mol. The van der Waals surface area contributed by atoms with E-state index in [4.69, 9.17) is 27.6 Å². The lowest BCUT2D eigenvalue weighted by molar-refractivity contribution is 0.572. The maximum Gasteiger partial charge on any atom is 0.134 e. The maximum absolute atomic E-state index is 9.55. The minimum Gasteiger partial charge on any atom is -0.457 e. The van der Waals surface area contributed by atoms with Gasteiger partial charge in [0.2, 0.25) is 0 Å². The number of aromatic nitrogens is 1. The zero-order valence-electron chi connectivity index (χ0n) is 13.6. The minimum absolute atomic E-state index is 0.456. The van der Waals surface area contributed by atoms with Crippen molar-refractivity contribution in [2.45, 2.75) is 0 Å². The summed E-state index contributed by atoms with van der Waals surface area (Å²) < 4.78 is 5.85. The van der Waals surface area contributed by atoms with E-state index in [1.54, 1.807) is 29.5 Å². The summed E-state index contributed by atoms with van der Waals surface area (Å²) >= 11 is 15.1. The van der Waals surface area contributed by atoms with Crippen molar-refractivity contribution < 1.29 is 4.42 Å². The molecule has 27 heavy (non-hydrogen) atoms. The van der Waals surface area contributed by atoms with Crippen molar-refractivity contribution in [3.63, 3.8) is 0 Å². The first kappa shape index (κ1) is 18.0. The second-order valence-corrected chi connectivity index (χ2v) is 8.14. The normalized spacial score (nSPS) is 11.5. The highest BCUT2D eigenvalue weighted by Crippen LogP contribution is 2.32. The quantitative estimate of drug-likeness (QED) is 0.316. The van der Waals surface area contributed by atoms with Crippen molar-refractivity contribution >= 4 is 57.5 Å². The number of nitriles is 1. The lowest BCUT2D eigenvalue weighted by Crippen LogP contribution is -1.80. The SMILES string of the molecule is N#CC(=Cc1ccc(-c2ccc(Cl)c(Cl)c2)o1)c1nc(-c2cccs2)cs1. The Labute approximate surface area is 173 Å². The van der Waals surface area contributed by atoms with Crippen molar-refractivity contribution in [3.05, 3.63) is 74.0 Å². The van der Waals surface area contributed by atoms with Gasteiger partial charge in [-0.3, -0.25) is 0 Å². The van der Waals surface area contributed by atoms with Crippen molar-refractivity contribution in [1.29, 1.82) is 5.26 Å². The molecule has 0 saturated heterocycles. The smallest absolute Gasteiger partial charge is 0.134 e. The molecule has 0 spiro atoms. The first-order chi connectivity index (χ1) is 13.1. The fourth-order valence-electron chi connectivity index (χ4n) is 2.45. The van der Waals surface area contributed by atoms with Gasteiger partial charge < -0.3 is 4.42 Å². The molecular formula is C20H10Cl2N2OS2. The van der Waals surface area contributed by atoms with Crippen LogP contribution in [-0.4, -0.2) is 4.98 Å². The van der Waals surface area contributed by atoms with Gasteiger partial charge in [0.1, 0.15) is 22.6 Å². The number of thiophene rings is 1. The van der Waals surface area contributed by atoms with E-state index in [1.165, 1.54) is 11.3 Å². The molecule has 0 atom stereocenters. The van der Waals surface area contributed by atoms with Crippen molar-refractivity contribution in [1.82, 2.24) is 4.98 Å². The molecule has 0 saturated carbocycles. The van der Waals surface area contributed by atoms with Crippen LogP contribution in [0.15, 0.2) is 57.6 Å². The molecule has 3 heterocycles. The molecule has 0 N–H and O–H groups in total. The molecule has 132 valence electrons. The Morgan fingerprint density at radius 3 is 2.74 bits per heavy atom. The second kappa shape index (κ2) is 7.71. The summed E-state index contributed by atoms with van der Waals surface area (Å²) in [6.07, 6.45) is 1.69. The Kier molecular flexibility index (Phi) is 5.15. The van der Waals surface area contributed by atoms with E-state index in [0.717, 1.165) is 16.1 Å². The third kappa shape index (κ3) is 3.85. The van der Waals surface area contributed by atoms with Crippen LogP contribution in [0.25, 0.3) is 33.5 Å². The molecule has 3 aromatic heterocycles. The van der Waals surface area contributed by atoms with Gasteiger partial charge in [-0.1, -0.05) is 29.3 Å². The number of benzene rings is 1. The van der Waals surface area contributed by atoms with Crippen LogP contribution >= 0.6 is 45.9 Å². The molecular weight excluding hydrogens is 419 g/mol. The van der Waals surface area contributed by atoms with Crippen LogP contribution in [0.4, 0.5) is 0 Å². The Morgan fingerprint density at radius 1 is 1.11 bits per heavy atom. The van der Waals surface area contributed by atoms with Crippen LogP contribution in [0.3, 0.4) is 0 Å². The standard InChI is InChI=1S/C20H10Cl2N2OS2/c21-15-5-3-12(9-16(15)22)18-6-4-14(25-18)8-13(10-23)20-24-17(11-27-20)19-2-1-7-26-19/h1-9,11H. The van der Waals surface area contributed by atoms with Gasteiger partial charge in [0.05, 0.1) is 26.2 Å². The van der Waals surface area contributed by atoms with Crippen LogP contribution in [0.1, 0.15) is 10.8 Å². The van der Waals surface area contributed by atoms with Gasteiger partial charge in [0.15, 0.2) is 0 Å². The summed E-state index contributed by atoms with van der Waals surface area (Å²) in [5.41, 5.74) is 2.15. The summed E-state index contributed by atoms with van der Waals surface area (Å²) in [6, 6.07) is 15.1. The highest BCUT2D eigenvalue weighted by molar-refractivity contribution is 7.14. The molecule has 7 heteroatoms. The first-order valence-corrected chi connectivity index (χ1v) is 10.3. The molecule has 0 fully saturated rings. The zero-order chi connectivity index (χ0) is 18.8. The molecule has 1 aromatic carbocycles. The van der Waals surface area contributed by atoms with Gasteiger partial charge in [-0.2, -0.15) is 5.26 Å². The molecule has 0 bridgehead atoms. The van der Waals surface area contributed by atoms with Gasteiger partial charge in [-0.05, 0) is 41.8 Å². The molecule has 0 unspecified atom stereocenters. The van der Waals surface area contributed by atoms with Gasteiger partial charge in [0, 0.05) is 17.0 Å². The Balaban J connectivity index is 1.63. The van der Waals surface area contributed by atoms with Crippen LogP contribution < -0.4 is 0 Å². The van der Waals surface area contributed by atoms with Gasteiger partial charge in [0.25, 0.3) is 0 Å². The number of hydrogen-bond donors (Lipinski definition) is 0. The van der Waals surface area contributed by atoms with Crippen molar-refractivity contribution in [2.24, 2.45) is 0 Å². The minimum atomic E-state index is 0.456. The Morgan fingerprint density at radius 2 is 2.00 bits per heavy atom. The topological polar surface area (TPSA) is 49.8 Å². The lowest BCUT2D eigenvalue weighted by atomic mass is 10.2. The van der Waals surface area contributed by atoms with Crippen molar-refractivity contribution in [2.75, 3.05) is 0 Å². The van der Waals surface area contributed by atoms with E-state index in [9.17, 15) is 5.26 Å². The number of rotatable bonds is 4. The zero-order valence-corrected chi connectivity index (χ0v) is 16.8. The van der Waals surface area contributed by atoms with Crippen LogP contribution in [0, 0.1) is 11.3 Å². The number of hydrogen-bond acceptors (Lipinski definition) is 5. The number of nitrogens with zero attached hydrogens (tertiary/aromatic N) is 2. The summed E-state index contributed by atoms with van der Waals surface area (Å²) in [5.74, 6) is 1.22. The molecule has 4 rings (SSSR count). The van der Waals surface area contributed by atoms with Crippen LogP contribution in [0.2, 0.25) is 10.0 Å². The summed E-state index contributed by atoms with van der Waals surface area (Å²) in [5, 5.41) is 15.1. The van der Waals surface area contributed by atoms with E-state index in [2.05, 4.69) is 11.1 Å². The summed E-state index contributed by atoms with van der Waals surface area (Å²) in [4.78, 5) is 5.65. The highest BCUT2D eigenvalue weighted by atomic mass is 35.5. The average Bonchev–Trinajstić information content (AvgIpc) is 3.42. The second-order valence-electron chi connectivity index (χ2n) is 5.52. The van der Waals surface area contributed by atoms with E-state index in [1.807, 2.05) is 41.1 Å². The van der Waals surface area contributed by atoms with E-state index in [-0.39, 0.29) is 0 Å².